The zero-order valence-electron chi connectivity index (χ0n) is 10.1. The van der Waals surface area contributed by atoms with E-state index >= 15 is 0 Å². The van der Waals surface area contributed by atoms with E-state index < -0.39 is 29.8 Å². The van der Waals surface area contributed by atoms with Crippen LogP contribution in [0.3, 0.4) is 0 Å². The van der Waals surface area contributed by atoms with Crippen molar-refractivity contribution < 1.29 is 24.2 Å². The predicted molar refractivity (Wildman–Crippen MR) is 64.2 cm³/mol. The summed E-state index contributed by atoms with van der Waals surface area (Å²) in [6.07, 6.45) is -0.565. The van der Waals surface area contributed by atoms with Gasteiger partial charge in [-0.2, -0.15) is 0 Å². The van der Waals surface area contributed by atoms with Gasteiger partial charge in [-0.3, -0.25) is 4.79 Å². The molecule has 1 amide bonds. The second-order valence-electron chi connectivity index (χ2n) is 4.60. The fourth-order valence-electron chi connectivity index (χ4n) is 2.42. The molecule has 1 heterocycles. The number of aliphatic carboxylic acids is 1. The van der Waals surface area contributed by atoms with Crippen LogP contribution in [0.15, 0.2) is 24.3 Å². The van der Waals surface area contributed by atoms with Crippen LogP contribution >= 0.6 is 0 Å². The van der Waals surface area contributed by atoms with Crippen molar-refractivity contribution in [1.82, 2.24) is 4.90 Å². The number of amides is 1. The molecule has 1 aliphatic rings. The highest BCUT2D eigenvalue weighted by molar-refractivity contribution is 5.71. The SMILES string of the molecule is O=C(O)C1CCN(C(=O)O)C(c2ccc(F)cc2)C1. The van der Waals surface area contributed by atoms with Gasteiger partial charge in [-0.15, -0.1) is 0 Å². The Hall–Kier alpha value is -2.11. The Bertz CT molecular complexity index is 488. The van der Waals surface area contributed by atoms with Crippen molar-refractivity contribution in [2.45, 2.75) is 18.9 Å². The van der Waals surface area contributed by atoms with Gasteiger partial charge in [-0.05, 0) is 30.5 Å². The summed E-state index contributed by atoms with van der Waals surface area (Å²) in [5, 5.41) is 18.2. The largest absolute Gasteiger partial charge is 0.481 e. The van der Waals surface area contributed by atoms with Gasteiger partial charge < -0.3 is 15.1 Å². The number of piperidine rings is 1. The zero-order valence-corrected chi connectivity index (χ0v) is 10.1. The number of hydrogen-bond donors (Lipinski definition) is 2. The number of carbonyl (C=O) groups is 2. The summed E-state index contributed by atoms with van der Waals surface area (Å²) in [5.74, 6) is -1.89. The molecular formula is C13H14FNO4. The van der Waals surface area contributed by atoms with E-state index in [1.54, 1.807) is 0 Å². The van der Waals surface area contributed by atoms with Crippen LogP contribution in [0.5, 0.6) is 0 Å². The molecule has 2 rings (SSSR count). The summed E-state index contributed by atoms with van der Waals surface area (Å²) in [7, 11) is 0. The van der Waals surface area contributed by atoms with Crippen molar-refractivity contribution >= 4 is 12.1 Å². The maximum atomic E-state index is 12.9. The van der Waals surface area contributed by atoms with Crippen LogP contribution in [0.2, 0.25) is 0 Å². The molecule has 1 aromatic carbocycles. The van der Waals surface area contributed by atoms with E-state index in [9.17, 15) is 14.0 Å². The van der Waals surface area contributed by atoms with Gasteiger partial charge in [0.05, 0.1) is 12.0 Å². The number of halogens is 1. The van der Waals surface area contributed by atoms with Gasteiger partial charge in [-0.25, -0.2) is 9.18 Å². The standard InChI is InChI=1S/C13H14FNO4/c14-10-3-1-8(2-4-10)11-7-9(12(16)17)5-6-15(11)13(18)19/h1-4,9,11H,5-7H2,(H,16,17)(H,18,19). The molecule has 0 aliphatic carbocycles. The summed E-state index contributed by atoms with van der Waals surface area (Å²) >= 11 is 0. The van der Waals surface area contributed by atoms with E-state index in [1.165, 1.54) is 29.2 Å². The van der Waals surface area contributed by atoms with E-state index in [4.69, 9.17) is 10.2 Å². The minimum atomic E-state index is -1.09. The first kappa shape index (κ1) is 13.3. The number of rotatable bonds is 2. The van der Waals surface area contributed by atoms with E-state index in [1.807, 2.05) is 0 Å². The molecule has 2 N–H and O–H groups in total. The average Bonchev–Trinajstić information content (AvgIpc) is 2.38. The van der Waals surface area contributed by atoms with Crippen LogP contribution in [0.4, 0.5) is 9.18 Å². The Kier molecular flexibility index (Phi) is 3.69. The first-order valence-corrected chi connectivity index (χ1v) is 5.97. The first-order valence-electron chi connectivity index (χ1n) is 5.97. The molecule has 5 nitrogen and oxygen atoms in total. The lowest BCUT2D eigenvalue weighted by Gasteiger charge is -2.36. The van der Waals surface area contributed by atoms with Crippen LogP contribution in [0, 0.1) is 11.7 Å². The van der Waals surface area contributed by atoms with Crippen LogP contribution in [0.1, 0.15) is 24.4 Å². The second kappa shape index (κ2) is 5.26. The van der Waals surface area contributed by atoms with Crippen LogP contribution in [0.25, 0.3) is 0 Å². The molecule has 1 fully saturated rings. The minimum Gasteiger partial charge on any atom is -0.481 e. The molecule has 0 saturated carbocycles. The molecule has 0 aromatic heterocycles. The Morgan fingerprint density at radius 2 is 1.84 bits per heavy atom. The highest BCUT2D eigenvalue weighted by atomic mass is 19.1. The van der Waals surface area contributed by atoms with Crippen molar-refractivity contribution in [1.29, 1.82) is 0 Å². The van der Waals surface area contributed by atoms with Gasteiger partial charge in [0.1, 0.15) is 5.82 Å². The number of carboxylic acids is 1. The molecule has 0 radical (unpaired) electrons. The molecule has 2 atom stereocenters. The first-order chi connectivity index (χ1) is 8.99. The number of nitrogens with zero attached hydrogens (tertiary/aromatic N) is 1. The monoisotopic (exact) mass is 267 g/mol. The number of carboxylic acid groups (broad SMARTS) is 2. The van der Waals surface area contributed by atoms with Crippen molar-refractivity contribution in [3.05, 3.63) is 35.6 Å². The van der Waals surface area contributed by atoms with Gasteiger partial charge >= 0.3 is 12.1 Å². The number of hydrogen-bond acceptors (Lipinski definition) is 2. The van der Waals surface area contributed by atoms with E-state index in [0.717, 1.165) is 0 Å². The Balaban J connectivity index is 2.27. The molecule has 6 heteroatoms. The number of likely N-dealkylation sites (tertiary alicyclic amines) is 1. The molecule has 2 unspecified atom stereocenters. The Morgan fingerprint density at radius 3 is 2.37 bits per heavy atom. The quantitative estimate of drug-likeness (QED) is 0.862. The molecular weight excluding hydrogens is 253 g/mol. The van der Waals surface area contributed by atoms with Crippen molar-refractivity contribution in [3.8, 4) is 0 Å². The Morgan fingerprint density at radius 1 is 1.21 bits per heavy atom. The average molecular weight is 267 g/mol. The summed E-state index contributed by atoms with van der Waals surface area (Å²) in [6.45, 7) is 0.175. The fourth-order valence-corrected chi connectivity index (χ4v) is 2.42. The molecule has 102 valence electrons. The molecule has 1 aliphatic heterocycles. The van der Waals surface area contributed by atoms with Crippen LogP contribution in [-0.4, -0.2) is 33.7 Å². The van der Waals surface area contributed by atoms with E-state index in [2.05, 4.69) is 0 Å². The lowest BCUT2D eigenvalue weighted by molar-refractivity contribution is -0.144. The van der Waals surface area contributed by atoms with Crippen molar-refractivity contribution in [2.75, 3.05) is 6.54 Å². The lowest BCUT2D eigenvalue weighted by Crippen LogP contribution is -2.42. The zero-order chi connectivity index (χ0) is 14.0. The van der Waals surface area contributed by atoms with Crippen LogP contribution < -0.4 is 0 Å². The third-order valence-electron chi connectivity index (χ3n) is 3.45. The second-order valence-corrected chi connectivity index (χ2v) is 4.60. The van der Waals surface area contributed by atoms with Crippen molar-refractivity contribution in [3.63, 3.8) is 0 Å². The van der Waals surface area contributed by atoms with E-state index in [-0.39, 0.29) is 13.0 Å². The third-order valence-corrected chi connectivity index (χ3v) is 3.45. The summed E-state index contributed by atoms with van der Waals surface area (Å²) in [4.78, 5) is 23.4. The van der Waals surface area contributed by atoms with Crippen LogP contribution in [-0.2, 0) is 4.79 Å². The topological polar surface area (TPSA) is 77.8 Å². The third kappa shape index (κ3) is 2.83. The van der Waals surface area contributed by atoms with Gasteiger partial charge in [-0.1, -0.05) is 12.1 Å². The molecule has 0 bridgehead atoms. The number of benzene rings is 1. The molecule has 19 heavy (non-hydrogen) atoms. The minimum absolute atomic E-state index is 0.175. The normalized spacial score (nSPS) is 23.1. The van der Waals surface area contributed by atoms with Gasteiger partial charge in [0.15, 0.2) is 0 Å². The smallest absolute Gasteiger partial charge is 0.407 e. The highest BCUT2D eigenvalue weighted by Gasteiger charge is 2.35. The Labute approximate surface area is 109 Å². The van der Waals surface area contributed by atoms with Gasteiger partial charge in [0.25, 0.3) is 0 Å². The maximum absolute atomic E-state index is 12.9. The van der Waals surface area contributed by atoms with Crippen molar-refractivity contribution in [2.24, 2.45) is 5.92 Å². The molecule has 1 saturated heterocycles. The van der Waals surface area contributed by atoms with Gasteiger partial charge in [0, 0.05) is 6.54 Å². The summed E-state index contributed by atoms with van der Waals surface area (Å²) in [6, 6.07) is 4.97. The van der Waals surface area contributed by atoms with Gasteiger partial charge in [0.2, 0.25) is 0 Å². The highest BCUT2D eigenvalue weighted by Crippen LogP contribution is 2.34. The fraction of sp³-hybridized carbons (Fsp3) is 0.385. The predicted octanol–water partition coefficient (Wildman–Crippen LogP) is 2.34. The van der Waals surface area contributed by atoms with E-state index in [0.29, 0.717) is 12.0 Å². The summed E-state index contributed by atoms with van der Waals surface area (Å²) < 4.78 is 12.9. The maximum Gasteiger partial charge on any atom is 0.407 e. The lowest BCUT2D eigenvalue weighted by atomic mass is 9.87. The molecule has 0 spiro atoms. The molecule has 1 aromatic rings. The summed E-state index contributed by atoms with van der Waals surface area (Å²) in [5.41, 5.74) is 0.620.